The van der Waals surface area contributed by atoms with Crippen LogP contribution in [0, 0.1) is 0 Å². The van der Waals surface area contributed by atoms with E-state index < -0.39 is 10.0 Å². The fourth-order valence-electron chi connectivity index (χ4n) is 1.34. The molecule has 8 heteroatoms. The van der Waals surface area contributed by atoms with E-state index in [9.17, 15) is 8.42 Å². The number of primary sulfonamides is 1. The van der Waals surface area contributed by atoms with E-state index in [0.29, 0.717) is 18.8 Å². The van der Waals surface area contributed by atoms with Gasteiger partial charge in [0.1, 0.15) is 12.1 Å². The molecule has 0 atom stereocenters. The molecule has 0 unspecified atom stereocenters. The molecule has 0 amide bonds. The van der Waals surface area contributed by atoms with Gasteiger partial charge in [-0.2, -0.15) is 0 Å². The monoisotopic (exact) mass is 268 g/mol. The predicted octanol–water partition coefficient (Wildman–Crippen LogP) is 0.00680. The maximum Gasteiger partial charge on any atom is 0.271 e. The second-order valence-corrected chi connectivity index (χ2v) is 5.06. The Kier molecular flexibility index (Phi) is 3.70. The first-order valence-electron chi connectivity index (χ1n) is 5.13. The third-order valence-corrected chi connectivity index (χ3v) is 2.95. The number of nitrogens with two attached hydrogens (primary N) is 1. The second kappa shape index (κ2) is 5.25. The van der Waals surface area contributed by atoms with E-state index in [-0.39, 0.29) is 5.09 Å². The average molecular weight is 268 g/mol. The van der Waals surface area contributed by atoms with Crippen LogP contribution in [-0.4, -0.2) is 18.4 Å². The third kappa shape index (κ3) is 3.36. The second-order valence-electron chi connectivity index (χ2n) is 3.57. The van der Waals surface area contributed by atoms with Gasteiger partial charge in [0.25, 0.3) is 10.0 Å². The summed E-state index contributed by atoms with van der Waals surface area (Å²) in [5, 5.41) is 7.76. The highest BCUT2D eigenvalue weighted by Gasteiger charge is 2.12. The van der Waals surface area contributed by atoms with Crippen molar-refractivity contribution in [3.8, 4) is 0 Å². The smallest absolute Gasteiger partial charge is 0.271 e. The number of hydrogen-bond acceptors (Lipinski definition) is 6. The molecule has 96 valence electrons. The van der Waals surface area contributed by atoms with Crippen molar-refractivity contribution in [2.75, 3.05) is 0 Å². The van der Waals surface area contributed by atoms with Crippen LogP contribution in [0.25, 0.3) is 0 Å². The first-order chi connectivity index (χ1) is 8.55. The number of hydrogen-bond donors (Lipinski definition) is 2. The Morgan fingerprint density at radius 1 is 1.28 bits per heavy atom. The van der Waals surface area contributed by atoms with Crippen molar-refractivity contribution in [2.24, 2.45) is 5.14 Å². The Labute approximate surface area is 104 Å². The van der Waals surface area contributed by atoms with Gasteiger partial charge in [0.2, 0.25) is 5.09 Å². The van der Waals surface area contributed by atoms with Gasteiger partial charge in [-0.25, -0.2) is 23.5 Å². The summed E-state index contributed by atoms with van der Waals surface area (Å²) in [4.78, 5) is 7.84. The number of rotatable bonds is 5. The van der Waals surface area contributed by atoms with E-state index >= 15 is 0 Å². The van der Waals surface area contributed by atoms with Gasteiger partial charge in [0.15, 0.2) is 0 Å². The number of aromatic nitrogens is 2. The Balaban J connectivity index is 1.90. The highest BCUT2D eigenvalue weighted by atomic mass is 32.2. The predicted molar refractivity (Wildman–Crippen MR) is 62.7 cm³/mol. The zero-order valence-electron chi connectivity index (χ0n) is 9.41. The van der Waals surface area contributed by atoms with Crippen molar-refractivity contribution in [3.63, 3.8) is 0 Å². The molecule has 0 radical (unpaired) electrons. The fourth-order valence-corrected chi connectivity index (χ4v) is 1.82. The number of nitrogens with zero attached hydrogens (tertiary/aromatic N) is 2. The lowest BCUT2D eigenvalue weighted by atomic mass is 10.4. The molecule has 0 fully saturated rings. The van der Waals surface area contributed by atoms with Crippen LogP contribution in [0.4, 0.5) is 0 Å². The minimum atomic E-state index is -3.77. The van der Waals surface area contributed by atoms with Gasteiger partial charge in [-0.3, -0.25) is 0 Å². The molecule has 0 saturated heterocycles. The molecular formula is C10H12N4O3S. The molecule has 3 N–H and O–H groups in total. The van der Waals surface area contributed by atoms with Gasteiger partial charge >= 0.3 is 0 Å². The van der Waals surface area contributed by atoms with E-state index in [2.05, 4.69) is 15.3 Å². The molecule has 0 aliphatic rings. The lowest BCUT2D eigenvalue weighted by molar-refractivity contribution is 0.402. The number of sulfonamides is 1. The summed E-state index contributed by atoms with van der Waals surface area (Å²) in [6, 6.07) is 4.68. The Hall–Kier alpha value is -1.77. The largest absolute Gasteiger partial charge is 0.447 e. The molecule has 0 aliphatic carbocycles. The van der Waals surface area contributed by atoms with Crippen LogP contribution in [0.2, 0.25) is 0 Å². The van der Waals surface area contributed by atoms with E-state index in [1.807, 2.05) is 0 Å². The first-order valence-corrected chi connectivity index (χ1v) is 6.67. The molecule has 0 aliphatic heterocycles. The van der Waals surface area contributed by atoms with Gasteiger partial charge < -0.3 is 9.73 Å². The first kappa shape index (κ1) is 12.7. The normalized spacial score (nSPS) is 11.6. The lowest BCUT2D eigenvalue weighted by Crippen LogP contribution is -2.13. The molecule has 0 saturated carbocycles. The summed E-state index contributed by atoms with van der Waals surface area (Å²) in [6.07, 6.45) is 3.11. The summed E-state index contributed by atoms with van der Waals surface area (Å²) in [5.41, 5.74) is 0.836. The van der Waals surface area contributed by atoms with E-state index in [1.54, 1.807) is 18.3 Å². The molecule has 0 spiro atoms. The van der Waals surface area contributed by atoms with Crippen LogP contribution in [0.3, 0.4) is 0 Å². The summed E-state index contributed by atoms with van der Waals surface area (Å²) < 4.78 is 27.1. The van der Waals surface area contributed by atoms with Crippen molar-refractivity contribution in [1.29, 1.82) is 0 Å². The van der Waals surface area contributed by atoms with Gasteiger partial charge in [0.05, 0.1) is 12.2 Å². The van der Waals surface area contributed by atoms with Crippen molar-refractivity contribution in [1.82, 2.24) is 15.3 Å². The summed E-state index contributed by atoms with van der Waals surface area (Å²) >= 11 is 0. The fraction of sp³-hybridized carbons (Fsp3) is 0.200. The average Bonchev–Trinajstić information content (AvgIpc) is 2.79. The van der Waals surface area contributed by atoms with Crippen LogP contribution in [0.15, 0.2) is 40.2 Å². The van der Waals surface area contributed by atoms with E-state index in [0.717, 1.165) is 5.69 Å². The van der Waals surface area contributed by atoms with Gasteiger partial charge in [-0.15, -0.1) is 0 Å². The maximum atomic E-state index is 11.0. The molecule has 2 aromatic heterocycles. The van der Waals surface area contributed by atoms with Gasteiger partial charge in [-0.05, 0) is 18.2 Å². The standard InChI is InChI=1S/C10H12N4O3S/c11-18(15,16)10-2-1-9(17-10)6-13-5-8-3-4-12-7-14-8/h1-4,7,13H,5-6H2,(H2,11,15,16). The highest BCUT2D eigenvalue weighted by molar-refractivity contribution is 7.89. The zero-order valence-corrected chi connectivity index (χ0v) is 10.2. The molecule has 2 aromatic rings. The number of furan rings is 1. The van der Waals surface area contributed by atoms with Crippen molar-refractivity contribution in [3.05, 3.63) is 42.2 Å². The molecule has 2 heterocycles. The van der Waals surface area contributed by atoms with Gasteiger partial charge in [-0.1, -0.05) is 0 Å². The summed E-state index contributed by atoms with van der Waals surface area (Å²) in [5.74, 6) is 0.494. The van der Waals surface area contributed by atoms with Crippen molar-refractivity contribution >= 4 is 10.0 Å². The lowest BCUT2D eigenvalue weighted by Gasteiger charge is -2.01. The van der Waals surface area contributed by atoms with Crippen LogP contribution in [0.1, 0.15) is 11.5 Å². The Morgan fingerprint density at radius 3 is 2.72 bits per heavy atom. The SMILES string of the molecule is NS(=O)(=O)c1ccc(CNCc2ccncn2)o1. The van der Waals surface area contributed by atoms with Crippen molar-refractivity contribution < 1.29 is 12.8 Å². The molecule has 18 heavy (non-hydrogen) atoms. The quantitative estimate of drug-likeness (QED) is 0.790. The highest BCUT2D eigenvalue weighted by Crippen LogP contribution is 2.11. The maximum absolute atomic E-state index is 11.0. The Bertz CT molecular complexity index is 609. The van der Waals surface area contributed by atoms with E-state index in [1.165, 1.54) is 12.4 Å². The number of nitrogens with one attached hydrogen (secondary N) is 1. The molecule has 7 nitrogen and oxygen atoms in total. The van der Waals surface area contributed by atoms with Crippen LogP contribution < -0.4 is 10.5 Å². The van der Waals surface area contributed by atoms with Crippen LogP contribution >= 0.6 is 0 Å². The van der Waals surface area contributed by atoms with Gasteiger partial charge in [0, 0.05) is 12.7 Å². The summed E-state index contributed by atoms with van der Waals surface area (Å²) in [7, 11) is -3.77. The molecule has 0 bridgehead atoms. The molecule has 0 aromatic carbocycles. The molecule has 2 rings (SSSR count). The van der Waals surface area contributed by atoms with Crippen molar-refractivity contribution in [2.45, 2.75) is 18.2 Å². The third-order valence-electron chi connectivity index (χ3n) is 2.17. The van der Waals surface area contributed by atoms with E-state index in [4.69, 9.17) is 9.56 Å². The zero-order chi connectivity index (χ0) is 13.0. The topological polar surface area (TPSA) is 111 Å². The van der Waals surface area contributed by atoms with Crippen LogP contribution in [-0.2, 0) is 23.1 Å². The minimum absolute atomic E-state index is 0.235. The van der Waals surface area contributed by atoms with Crippen LogP contribution in [0.5, 0.6) is 0 Å². The summed E-state index contributed by atoms with van der Waals surface area (Å²) in [6.45, 7) is 0.924. The minimum Gasteiger partial charge on any atom is -0.447 e. The Morgan fingerprint density at radius 2 is 2.11 bits per heavy atom. The molecular weight excluding hydrogens is 256 g/mol.